The molecule has 0 aliphatic carbocycles. The Balaban J connectivity index is 1.74. The van der Waals surface area contributed by atoms with Crippen molar-refractivity contribution in [1.29, 1.82) is 0 Å². The minimum absolute atomic E-state index is 0.0646. The average Bonchev–Trinajstić information content (AvgIpc) is 3.10. The third kappa shape index (κ3) is 3.72. The molecule has 5 nitrogen and oxygen atoms in total. The summed E-state index contributed by atoms with van der Waals surface area (Å²) in [5, 5.41) is 20.5. The number of benzene rings is 3. The zero-order valence-corrected chi connectivity index (χ0v) is 19.0. The molecule has 0 amide bonds. The molecule has 0 saturated heterocycles. The molecule has 3 aromatic carbocycles. The van der Waals surface area contributed by atoms with Gasteiger partial charge in [-0.05, 0) is 94.1 Å². The lowest BCUT2D eigenvalue weighted by Crippen LogP contribution is -1.88. The van der Waals surface area contributed by atoms with E-state index in [0.717, 1.165) is 18.2 Å². The number of para-hydroxylation sites is 1. The summed E-state index contributed by atoms with van der Waals surface area (Å²) < 4.78 is 7.59. The Morgan fingerprint density at radius 2 is 1.89 bits per heavy atom. The quantitative estimate of drug-likeness (QED) is 0.219. The monoisotopic (exact) mass is 596 g/mol. The van der Waals surface area contributed by atoms with Crippen LogP contribution in [0.25, 0.3) is 22.6 Å². The van der Waals surface area contributed by atoms with Gasteiger partial charge in [0.1, 0.15) is 17.0 Å². The lowest BCUT2D eigenvalue weighted by Gasteiger charge is -2.04. The molecule has 1 aromatic heterocycles. The number of phenols is 2. The molecule has 0 bridgehead atoms. The highest BCUT2D eigenvalue weighted by Crippen LogP contribution is 2.35. The van der Waals surface area contributed by atoms with Crippen molar-refractivity contribution in [3.05, 3.63) is 66.8 Å². The number of fused-ring (bicyclic) bond motifs is 1. The molecule has 2 N–H and O–H groups in total. The van der Waals surface area contributed by atoms with E-state index in [1.807, 2.05) is 37.3 Å². The number of aliphatic imine (C=N–C) groups is 1. The molecule has 0 unspecified atom stereocenters. The van der Waals surface area contributed by atoms with Crippen molar-refractivity contribution in [2.45, 2.75) is 6.92 Å². The summed E-state index contributed by atoms with van der Waals surface area (Å²) in [5.74, 6) is 0.596. The highest BCUT2D eigenvalue weighted by molar-refractivity contribution is 14.1. The standard InChI is InChI=1S/C21H14I2N2O3/c1-11-3-2-4-18-19(11)25-21(28-18)15-9-14(5-6-17(15)26)24-10-12-7-13(22)8-16(23)20(12)27/h2-10,26-27H,1H3. The van der Waals surface area contributed by atoms with Crippen LogP contribution in [0.4, 0.5) is 5.69 Å². The van der Waals surface area contributed by atoms with Crippen molar-refractivity contribution in [3.63, 3.8) is 0 Å². The molecule has 0 atom stereocenters. The number of phenolic OH excluding ortho intramolecular Hbond substituents is 2. The van der Waals surface area contributed by atoms with Crippen LogP contribution in [0.1, 0.15) is 11.1 Å². The zero-order chi connectivity index (χ0) is 19.8. The maximum atomic E-state index is 10.3. The maximum absolute atomic E-state index is 10.3. The van der Waals surface area contributed by atoms with Crippen molar-refractivity contribution in [1.82, 2.24) is 4.98 Å². The lowest BCUT2D eigenvalue weighted by atomic mass is 10.1. The molecule has 7 heteroatoms. The first-order valence-corrected chi connectivity index (χ1v) is 10.5. The van der Waals surface area contributed by atoms with Gasteiger partial charge in [0.15, 0.2) is 5.58 Å². The van der Waals surface area contributed by atoms with Crippen LogP contribution in [0.5, 0.6) is 11.5 Å². The van der Waals surface area contributed by atoms with Gasteiger partial charge in [0.05, 0.1) is 14.8 Å². The van der Waals surface area contributed by atoms with Crippen molar-refractivity contribution >= 4 is 68.2 Å². The van der Waals surface area contributed by atoms with Gasteiger partial charge in [-0.25, -0.2) is 4.98 Å². The van der Waals surface area contributed by atoms with Gasteiger partial charge in [0.25, 0.3) is 0 Å². The van der Waals surface area contributed by atoms with E-state index in [0.29, 0.717) is 28.3 Å². The fourth-order valence-corrected chi connectivity index (χ4v) is 4.70. The molecule has 28 heavy (non-hydrogen) atoms. The molecular weight excluding hydrogens is 582 g/mol. The predicted molar refractivity (Wildman–Crippen MR) is 127 cm³/mol. The fraction of sp³-hybridized carbons (Fsp3) is 0.0476. The van der Waals surface area contributed by atoms with E-state index in [4.69, 9.17) is 4.42 Å². The van der Waals surface area contributed by atoms with Gasteiger partial charge in [-0.3, -0.25) is 4.99 Å². The van der Waals surface area contributed by atoms with Gasteiger partial charge >= 0.3 is 0 Å². The molecule has 4 aromatic rings. The second kappa shape index (κ2) is 7.70. The van der Waals surface area contributed by atoms with Gasteiger partial charge < -0.3 is 14.6 Å². The summed E-state index contributed by atoms with van der Waals surface area (Å²) in [7, 11) is 0. The molecule has 140 valence electrons. The topological polar surface area (TPSA) is 78.9 Å². The number of hydrogen-bond donors (Lipinski definition) is 2. The number of nitrogens with zero attached hydrogens (tertiary/aromatic N) is 2. The summed E-state index contributed by atoms with van der Waals surface area (Å²) in [6.07, 6.45) is 1.60. The van der Waals surface area contributed by atoms with Crippen molar-refractivity contribution in [3.8, 4) is 23.0 Å². The van der Waals surface area contributed by atoms with Crippen LogP contribution in [-0.2, 0) is 0 Å². The summed E-state index contributed by atoms with van der Waals surface area (Å²) in [6, 6.07) is 14.4. The number of aromatic nitrogens is 1. The van der Waals surface area contributed by atoms with Crippen LogP contribution in [0.3, 0.4) is 0 Å². The molecule has 1 heterocycles. The molecule has 0 spiro atoms. The average molecular weight is 596 g/mol. The first-order chi connectivity index (χ1) is 13.4. The number of rotatable bonds is 3. The molecule has 0 saturated carbocycles. The van der Waals surface area contributed by atoms with Crippen LogP contribution in [0.15, 0.2) is 57.9 Å². The number of halogens is 2. The number of aromatic hydroxyl groups is 2. The Bertz CT molecular complexity index is 1230. The van der Waals surface area contributed by atoms with E-state index in [9.17, 15) is 10.2 Å². The summed E-state index contributed by atoms with van der Waals surface area (Å²) >= 11 is 4.28. The van der Waals surface area contributed by atoms with E-state index in [-0.39, 0.29) is 11.5 Å². The Hall–Kier alpha value is -2.14. The Labute approximate surface area is 188 Å². The first-order valence-electron chi connectivity index (χ1n) is 8.34. The summed E-state index contributed by atoms with van der Waals surface area (Å²) in [6.45, 7) is 1.96. The predicted octanol–water partition coefficient (Wildman–Crippen LogP) is 6.17. The molecule has 4 rings (SSSR count). The van der Waals surface area contributed by atoms with Gasteiger partial charge in [-0.2, -0.15) is 0 Å². The van der Waals surface area contributed by atoms with Crippen molar-refractivity contribution < 1.29 is 14.6 Å². The Morgan fingerprint density at radius 1 is 1.07 bits per heavy atom. The van der Waals surface area contributed by atoms with E-state index < -0.39 is 0 Å². The Kier molecular flexibility index (Phi) is 5.28. The van der Waals surface area contributed by atoms with Crippen LogP contribution in [0.2, 0.25) is 0 Å². The summed E-state index contributed by atoms with van der Waals surface area (Å²) in [5.41, 5.74) is 4.14. The number of aryl methyl sites for hydroxylation is 1. The second-order valence-corrected chi connectivity index (χ2v) is 8.63. The molecule has 0 aliphatic heterocycles. The smallest absolute Gasteiger partial charge is 0.231 e. The number of oxazole rings is 1. The van der Waals surface area contributed by atoms with Crippen LogP contribution >= 0.6 is 45.2 Å². The van der Waals surface area contributed by atoms with Gasteiger partial charge in [-0.1, -0.05) is 12.1 Å². The first kappa shape index (κ1) is 19.2. The van der Waals surface area contributed by atoms with Crippen LogP contribution in [0, 0.1) is 14.1 Å². The molecular formula is C21H14I2N2O3. The van der Waals surface area contributed by atoms with Crippen LogP contribution in [-0.4, -0.2) is 21.4 Å². The van der Waals surface area contributed by atoms with Crippen LogP contribution < -0.4 is 0 Å². The highest BCUT2D eigenvalue weighted by atomic mass is 127. The van der Waals surface area contributed by atoms with Gasteiger partial charge in [0.2, 0.25) is 5.89 Å². The third-order valence-electron chi connectivity index (χ3n) is 4.24. The lowest BCUT2D eigenvalue weighted by molar-refractivity contribution is 0.470. The largest absolute Gasteiger partial charge is 0.507 e. The molecule has 0 fully saturated rings. The Morgan fingerprint density at radius 3 is 2.68 bits per heavy atom. The minimum atomic E-state index is 0.0646. The van der Waals surface area contributed by atoms with Gasteiger partial charge in [-0.15, -0.1) is 0 Å². The molecule has 0 radical (unpaired) electrons. The fourth-order valence-electron chi connectivity index (χ4n) is 2.81. The minimum Gasteiger partial charge on any atom is -0.507 e. The SMILES string of the molecule is Cc1cccc2oc(-c3cc(N=Cc4cc(I)cc(I)c4O)ccc3O)nc12. The maximum Gasteiger partial charge on any atom is 0.231 e. The van der Waals surface area contributed by atoms with Crippen molar-refractivity contribution in [2.24, 2.45) is 4.99 Å². The normalized spacial score (nSPS) is 11.5. The zero-order valence-electron chi connectivity index (χ0n) is 14.6. The third-order valence-corrected chi connectivity index (χ3v) is 5.69. The van der Waals surface area contributed by atoms with E-state index in [1.165, 1.54) is 0 Å². The van der Waals surface area contributed by atoms with E-state index >= 15 is 0 Å². The van der Waals surface area contributed by atoms with E-state index in [2.05, 4.69) is 55.2 Å². The number of hydrogen-bond acceptors (Lipinski definition) is 5. The molecule has 0 aliphatic rings. The van der Waals surface area contributed by atoms with Gasteiger partial charge in [0, 0.05) is 15.3 Å². The van der Waals surface area contributed by atoms with E-state index in [1.54, 1.807) is 24.4 Å². The summed E-state index contributed by atoms with van der Waals surface area (Å²) in [4.78, 5) is 8.97. The van der Waals surface area contributed by atoms with Crippen molar-refractivity contribution in [2.75, 3.05) is 0 Å². The highest BCUT2D eigenvalue weighted by Gasteiger charge is 2.14. The second-order valence-electron chi connectivity index (χ2n) is 6.23.